The van der Waals surface area contributed by atoms with Crippen LogP contribution in [0.1, 0.15) is 38.2 Å². The number of carbonyl (C=O) groups is 1. The van der Waals surface area contributed by atoms with E-state index in [1.54, 1.807) is 0 Å². The second-order valence-corrected chi connectivity index (χ2v) is 7.46. The first-order valence-electron chi connectivity index (χ1n) is 9.26. The number of carbonyl (C=O) groups excluding carboxylic acids is 1. The number of benzene rings is 1. The molecule has 1 fully saturated rings. The molecule has 134 valence electrons. The smallest absolute Gasteiger partial charge is 0.245 e. The molecule has 3 rings (SSSR count). The lowest BCUT2D eigenvalue weighted by Gasteiger charge is -2.33. The quantitative estimate of drug-likeness (QED) is 0.877. The molecular weight excluding hydrogens is 310 g/mol. The van der Waals surface area contributed by atoms with E-state index in [9.17, 15) is 4.79 Å². The van der Waals surface area contributed by atoms with Crippen LogP contribution in [0.4, 0.5) is 0 Å². The van der Waals surface area contributed by atoms with Gasteiger partial charge in [-0.3, -0.25) is 4.79 Å². The summed E-state index contributed by atoms with van der Waals surface area (Å²) in [6.07, 6.45) is 6.36. The maximum Gasteiger partial charge on any atom is 0.245 e. The van der Waals surface area contributed by atoms with Crippen molar-refractivity contribution in [1.29, 1.82) is 0 Å². The van der Waals surface area contributed by atoms with E-state index >= 15 is 0 Å². The highest BCUT2D eigenvalue weighted by Gasteiger charge is 2.28. The molecule has 0 spiro atoms. The van der Waals surface area contributed by atoms with E-state index in [-0.39, 0.29) is 5.91 Å². The summed E-state index contributed by atoms with van der Waals surface area (Å²) in [4.78, 5) is 15.0. The monoisotopic (exact) mass is 339 g/mol. The van der Waals surface area contributed by atoms with Gasteiger partial charge in [-0.05, 0) is 56.8 Å². The Balaban J connectivity index is 1.48. The standard InChI is InChI=1S/C21H29N3O/c1-21(2,24-14-6-7-15-24)20(25)22-12-16-23-13-8-11-19(17-23)18-9-4-3-5-10-18/h3-7,9-10,14-15,19H,8,11-13,16-17H2,1-2H3,(H,22,25)/t19-/m1/s1. The minimum Gasteiger partial charge on any atom is -0.353 e. The van der Waals surface area contributed by atoms with Crippen LogP contribution >= 0.6 is 0 Å². The Morgan fingerprint density at radius 3 is 2.60 bits per heavy atom. The van der Waals surface area contributed by atoms with E-state index in [0.29, 0.717) is 12.5 Å². The number of nitrogens with zero attached hydrogens (tertiary/aromatic N) is 2. The van der Waals surface area contributed by atoms with Gasteiger partial charge in [0.25, 0.3) is 0 Å². The van der Waals surface area contributed by atoms with Crippen LogP contribution in [-0.2, 0) is 10.3 Å². The molecule has 4 nitrogen and oxygen atoms in total. The molecule has 0 radical (unpaired) electrons. The van der Waals surface area contributed by atoms with E-state index in [2.05, 4.69) is 40.5 Å². The predicted molar refractivity (Wildman–Crippen MR) is 102 cm³/mol. The van der Waals surface area contributed by atoms with Crippen molar-refractivity contribution in [2.75, 3.05) is 26.2 Å². The van der Waals surface area contributed by atoms with Crippen LogP contribution in [0.2, 0.25) is 0 Å². The number of rotatable bonds is 6. The molecule has 1 amide bonds. The molecule has 1 aromatic carbocycles. The molecule has 1 aliphatic heterocycles. The van der Waals surface area contributed by atoms with Gasteiger partial charge >= 0.3 is 0 Å². The Morgan fingerprint density at radius 2 is 1.88 bits per heavy atom. The van der Waals surface area contributed by atoms with Crippen LogP contribution in [0.3, 0.4) is 0 Å². The molecule has 2 aromatic rings. The Bertz CT molecular complexity index is 664. The van der Waals surface area contributed by atoms with Crippen molar-refractivity contribution < 1.29 is 4.79 Å². The van der Waals surface area contributed by atoms with Crippen LogP contribution in [-0.4, -0.2) is 41.6 Å². The molecule has 0 saturated carbocycles. The van der Waals surface area contributed by atoms with E-state index in [4.69, 9.17) is 0 Å². The summed E-state index contributed by atoms with van der Waals surface area (Å²) in [6, 6.07) is 14.7. The molecular formula is C21H29N3O. The number of hydrogen-bond donors (Lipinski definition) is 1. The number of nitrogens with one attached hydrogen (secondary N) is 1. The van der Waals surface area contributed by atoms with Crippen molar-refractivity contribution in [3.63, 3.8) is 0 Å². The van der Waals surface area contributed by atoms with Gasteiger partial charge < -0.3 is 14.8 Å². The van der Waals surface area contributed by atoms with Gasteiger partial charge in [-0.15, -0.1) is 0 Å². The predicted octanol–water partition coefficient (Wildman–Crippen LogP) is 3.22. The van der Waals surface area contributed by atoms with Gasteiger partial charge in [-0.2, -0.15) is 0 Å². The number of piperidine rings is 1. The first kappa shape index (κ1) is 17.7. The van der Waals surface area contributed by atoms with E-state index < -0.39 is 5.54 Å². The zero-order valence-electron chi connectivity index (χ0n) is 15.3. The number of likely N-dealkylation sites (tertiary alicyclic amines) is 1. The fourth-order valence-electron chi connectivity index (χ4n) is 3.62. The summed E-state index contributed by atoms with van der Waals surface area (Å²) in [5.41, 5.74) is 0.878. The van der Waals surface area contributed by atoms with Crippen LogP contribution in [0.25, 0.3) is 0 Å². The molecule has 1 N–H and O–H groups in total. The van der Waals surface area contributed by atoms with E-state index in [0.717, 1.165) is 19.6 Å². The van der Waals surface area contributed by atoms with Crippen molar-refractivity contribution in [2.24, 2.45) is 0 Å². The normalized spacial score (nSPS) is 18.9. The van der Waals surface area contributed by atoms with Gasteiger partial charge in [0, 0.05) is 32.0 Å². The van der Waals surface area contributed by atoms with Gasteiger partial charge in [0.2, 0.25) is 5.91 Å². The highest BCUT2D eigenvalue weighted by atomic mass is 16.2. The second kappa shape index (κ2) is 7.87. The highest BCUT2D eigenvalue weighted by Crippen LogP contribution is 2.26. The lowest BCUT2D eigenvalue weighted by atomic mass is 9.91. The Kier molecular flexibility index (Phi) is 5.59. The third-order valence-electron chi connectivity index (χ3n) is 5.30. The molecule has 2 heterocycles. The van der Waals surface area contributed by atoms with Crippen molar-refractivity contribution in [3.05, 3.63) is 60.4 Å². The summed E-state index contributed by atoms with van der Waals surface area (Å²) < 4.78 is 1.95. The van der Waals surface area contributed by atoms with Gasteiger partial charge in [0.15, 0.2) is 0 Å². The van der Waals surface area contributed by atoms with Crippen LogP contribution in [0, 0.1) is 0 Å². The van der Waals surface area contributed by atoms with E-state index in [1.165, 1.54) is 18.4 Å². The number of amides is 1. The molecule has 0 aliphatic carbocycles. The lowest BCUT2D eigenvalue weighted by Crippen LogP contribution is -2.47. The summed E-state index contributed by atoms with van der Waals surface area (Å²) in [7, 11) is 0. The second-order valence-electron chi connectivity index (χ2n) is 7.46. The van der Waals surface area contributed by atoms with Crippen molar-refractivity contribution in [2.45, 2.75) is 38.1 Å². The largest absolute Gasteiger partial charge is 0.353 e. The number of aromatic nitrogens is 1. The minimum atomic E-state index is -0.558. The zero-order valence-corrected chi connectivity index (χ0v) is 15.3. The third-order valence-corrected chi connectivity index (χ3v) is 5.30. The van der Waals surface area contributed by atoms with Crippen molar-refractivity contribution in [1.82, 2.24) is 14.8 Å². The fourth-order valence-corrected chi connectivity index (χ4v) is 3.62. The van der Waals surface area contributed by atoms with Gasteiger partial charge in [0.1, 0.15) is 5.54 Å². The topological polar surface area (TPSA) is 37.3 Å². The van der Waals surface area contributed by atoms with Crippen LogP contribution in [0.15, 0.2) is 54.9 Å². The van der Waals surface area contributed by atoms with Gasteiger partial charge in [-0.1, -0.05) is 30.3 Å². The zero-order chi connectivity index (χ0) is 17.7. The lowest BCUT2D eigenvalue weighted by molar-refractivity contribution is -0.128. The van der Waals surface area contributed by atoms with Gasteiger partial charge in [0.05, 0.1) is 0 Å². The Hall–Kier alpha value is -2.07. The summed E-state index contributed by atoms with van der Waals surface area (Å²) in [6.45, 7) is 7.73. The first-order chi connectivity index (χ1) is 12.1. The highest BCUT2D eigenvalue weighted by molar-refractivity contribution is 5.83. The Labute approximate surface area is 150 Å². The maximum atomic E-state index is 12.5. The average Bonchev–Trinajstić information content (AvgIpc) is 3.18. The fraction of sp³-hybridized carbons (Fsp3) is 0.476. The molecule has 0 unspecified atom stereocenters. The number of hydrogen-bond acceptors (Lipinski definition) is 2. The minimum absolute atomic E-state index is 0.0697. The average molecular weight is 339 g/mol. The first-order valence-corrected chi connectivity index (χ1v) is 9.26. The molecule has 1 aromatic heterocycles. The van der Waals surface area contributed by atoms with Crippen LogP contribution < -0.4 is 5.32 Å². The molecule has 1 saturated heterocycles. The summed E-state index contributed by atoms with van der Waals surface area (Å²) in [5.74, 6) is 0.683. The Morgan fingerprint density at radius 1 is 1.16 bits per heavy atom. The van der Waals surface area contributed by atoms with Crippen molar-refractivity contribution >= 4 is 5.91 Å². The SMILES string of the molecule is CC(C)(C(=O)NCCN1CCC[C@@H](c2ccccc2)C1)n1cccc1. The van der Waals surface area contributed by atoms with E-state index in [1.807, 2.05) is 42.9 Å². The van der Waals surface area contributed by atoms with Crippen molar-refractivity contribution in [3.8, 4) is 0 Å². The summed E-state index contributed by atoms with van der Waals surface area (Å²) >= 11 is 0. The molecule has 1 aliphatic rings. The molecule has 25 heavy (non-hydrogen) atoms. The third kappa shape index (κ3) is 4.31. The van der Waals surface area contributed by atoms with Gasteiger partial charge in [-0.25, -0.2) is 0 Å². The molecule has 0 bridgehead atoms. The van der Waals surface area contributed by atoms with Crippen LogP contribution in [0.5, 0.6) is 0 Å². The summed E-state index contributed by atoms with van der Waals surface area (Å²) in [5, 5.41) is 3.11. The molecule has 1 atom stereocenters. The maximum absolute atomic E-state index is 12.5. The molecule has 4 heteroatoms.